The lowest BCUT2D eigenvalue weighted by Gasteiger charge is -2.31. The van der Waals surface area contributed by atoms with E-state index in [9.17, 15) is 4.79 Å². The maximum absolute atomic E-state index is 12.2. The Bertz CT molecular complexity index is 476. The molecule has 1 amide bonds. The molecule has 1 aromatic heterocycles. The van der Waals surface area contributed by atoms with Crippen LogP contribution >= 0.6 is 11.8 Å². The van der Waals surface area contributed by atoms with Crippen LogP contribution in [0, 0.1) is 0 Å². The van der Waals surface area contributed by atoms with Gasteiger partial charge in [0.25, 0.3) is 5.22 Å². The number of aromatic nitrogens is 2. The smallest absolute Gasteiger partial charge is 0.277 e. The average Bonchev–Trinajstić information content (AvgIpc) is 2.94. The summed E-state index contributed by atoms with van der Waals surface area (Å²) in [5.41, 5.74) is -0.158. The third-order valence-corrected chi connectivity index (χ3v) is 4.69. The monoisotopic (exact) mass is 311 g/mol. The zero-order valence-corrected chi connectivity index (χ0v) is 14.2. The van der Waals surface area contributed by atoms with Crippen LogP contribution in [0.3, 0.4) is 0 Å². The number of hydrogen-bond acceptors (Lipinski definition) is 5. The predicted octanol–water partition coefficient (Wildman–Crippen LogP) is 3.25. The number of carbonyl (C=O) groups excluding carboxylic acids is 1. The Morgan fingerprint density at radius 2 is 1.95 bits per heavy atom. The van der Waals surface area contributed by atoms with Crippen molar-refractivity contribution < 1.29 is 9.21 Å². The molecule has 0 aromatic carbocycles. The lowest BCUT2D eigenvalue weighted by Crippen LogP contribution is -2.39. The van der Waals surface area contributed by atoms with E-state index >= 15 is 0 Å². The van der Waals surface area contributed by atoms with Crippen LogP contribution in [-0.2, 0) is 10.2 Å². The average molecular weight is 311 g/mol. The van der Waals surface area contributed by atoms with Crippen LogP contribution in [0.5, 0.6) is 0 Å². The Labute approximate surface area is 130 Å². The fraction of sp³-hybridized carbons (Fsp3) is 0.800. The van der Waals surface area contributed by atoms with Gasteiger partial charge in [-0.05, 0) is 12.8 Å². The summed E-state index contributed by atoms with van der Waals surface area (Å²) in [6, 6.07) is 0.402. The third kappa shape index (κ3) is 4.46. The summed E-state index contributed by atoms with van der Waals surface area (Å²) < 4.78 is 5.59. The third-order valence-electron chi connectivity index (χ3n) is 3.88. The van der Waals surface area contributed by atoms with Gasteiger partial charge in [0.1, 0.15) is 0 Å². The van der Waals surface area contributed by atoms with Crippen LogP contribution in [0.15, 0.2) is 9.64 Å². The number of nitrogens with zero attached hydrogens (tertiary/aromatic N) is 3. The minimum atomic E-state index is -0.158. The van der Waals surface area contributed by atoms with Gasteiger partial charge < -0.3 is 9.32 Å². The largest absolute Gasteiger partial charge is 0.415 e. The zero-order chi connectivity index (χ0) is 15.5. The molecular weight excluding hydrogens is 286 g/mol. The van der Waals surface area contributed by atoms with Gasteiger partial charge in [-0.1, -0.05) is 51.8 Å². The highest BCUT2D eigenvalue weighted by atomic mass is 32.2. The molecule has 2 rings (SSSR count). The van der Waals surface area contributed by atoms with E-state index < -0.39 is 0 Å². The van der Waals surface area contributed by atoms with Gasteiger partial charge in [-0.2, -0.15) is 0 Å². The second kappa shape index (κ2) is 6.81. The first-order chi connectivity index (χ1) is 9.88. The van der Waals surface area contributed by atoms with E-state index in [1.54, 1.807) is 0 Å². The summed E-state index contributed by atoms with van der Waals surface area (Å²) in [7, 11) is 1.91. The normalized spacial score (nSPS) is 17.0. The van der Waals surface area contributed by atoms with Crippen LogP contribution in [0.2, 0.25) is 0 Å². The van der Waals surface area contributed by atoms with Crippen LogP contribution in [0.1, 0.15) is 58.8 Å². The topological polar surface area (TPSA) is 59.2 Å². The Kier molecular flexibility index (Phi) is 5.30. The lowest BCUT2D eigenvalue weighted by atomic mass is 9.94. The standard InChI is InChI=1S/C15H25N3O2S/c1-15(2,3)13-16-17-14(20-13)21-10-12(19)18(4)11-8-6-5-7-9-11/h11H,5-10H2,1-4H3. The van der Waals surface area contributed by atoms with Crippen molar-refractivity contribution in [3.05, 3.63) is 5.89 Å². The maximum Gasteiger partial charge on any atom is 0.277 e. The first kappa shape index (κ1) is 16.3. The number of rotatable bonds is 4. The lowest BCUT2D eigenvalue weighted by molar-refractivity contribution is -0.129. The Balaban J connectivity index is 1.84. The molecule has 0 saturated heterocycles. The van der Waals surface area contributed by atoms with Gasteiger partial charge in [-0.15, -0.1) is 10.2 Å². The van der Waals surface area contributed by atoms with Crippen LogP contribution in [-0.4, -0.2) is 39.8 Å². The molecule has 1 aromatic rings. The van der Waals surface area contributed by atoms with E-state index in [1.165, 1.54) is 31.0 Å². The van der Waals surface area contributed by atoms with Crippen LogP contribution < -0.4 is 0 Å². The molecule has 0 atom stereocenters. The van der Waals surface area contributed by atoms with Crippen molar-refractivity contribution in [2.75, 3.05) is 12.8 Å². The summed E-state index contributed by atoms with van der Waals surface area (Å²) in [6.07, 6.45) is 6.01. The van der Waals surface area contributed by atoms with Crippen molar-refractivity contribution in [2.24, 2.45) is 0 Å². The fourth-order valence-electron chi connectivity index (χ4n) is 2.47. The van der Waals surface area contributed by atoms with Crippen molar-refractivity contribution in [1.29, 1.82) is 0 Å². The van der Waals surface area contributed by atoms with Gasteiger partial charge in [0.05, 0.1) is 5.75 Å². The highest BCUT2D eigenvalue weighted by molar-refractivity contribution is 7.99. The number of thioether (sulfide) groups is 1. The number of hydrogen-bond donors (Lipinski definition) is 0. The van der Waals surface area contributed by atoms with Gasteiger partial charge in [-0.3, -0.25) is 4.79 Å². The molecule has 0 bridgehead atoms. The molecule has 6 heteroatoms. The van der Waals surface area contributed by atoms with Gasteiger partial charge in [0.2, 0.25) is 11.8 Å². The molecule has 0 aliphatic heterocycles. The molecule has 1 heterocycles. The summed E-state index contributed by atoms with van der Waals surface area (Å²) >= 11 is 1.33. The van der Waals surface area contributed by atoms with E-state index in [2.05, 4.69) is 10.2 Å². The molecule has 0 unspecified atom stereocenters. The van der Waals surface area contributed by atoms with Crippen molar-refractivity contribution in [2.45, 2.75) is 69.6 Å². The van der Waals surface area contributed by atoms with Crippen molar-refractivity contribution in [1.82, 2.24) is 15.1 Å². The molecule has 0 radical (unpaired) electrons. The van der Waals surface area contributed by atoms with Crippen molar-refractivity contribution in [3.8, 4) is 0 Å². The molecular formula is C15H25N3O2S. The maximum atomic E-state index is 12.2. The van der Waals surface area contributed by atoms with Gasteiger partial charge in [-0.25, -0.2) is 0 Å². The van der Waals surface area contributed by atoms with E-state index in [0.717, 1.165) is 12.8 Å². The highest BCUT2D eigenvalue weighted by Crippen LogP contribution is 2.26. The number of carbonyl (C=O) groups is 1. The molecule has 1 aliphatic carbocycles. The van der Waals surface area contributed by atoms with E-state index in [4.69, 9.17) is 4.42 Å². The van der Waals surface area contributed by atoms with Crippen molar-refractivity contribution >= 4 is 17.7 Å². The fourth-order valence-corrected chi connectivity index (χ4v) is 3.16. The summed E-state index contributed by atoms with van der Waals surface area (Å²) in [4.78, 5) is 14.1. The van der Waals surface area contributed by atoms with E-state index in [0.29, 0.717) is 22.9 Å². The Morgan fingerprint density at radius 3 is 2.52 bits per heavy atom. The molecule has 1 fully saturated rings. The van der Waals surface area contributed by atoms with Crippen molar-refractivity contribution in [3.63, 3.8) is 0 Å². The van der Waals surface area contributed by atoms with Crippen LogP contribution in [0.4, 0.5) is 0 Å². The van der Waals surface area contributed by atoms with Crippen LogP contribution in [0.25, 0.3) is 0 Å². The van der Waals surface area contributed by atoms with Gasteiger partial charge in [0.15, 0.2) is 0 Å². The predicted molar refractivity (Wildman–Crippen MR) is 83.4 cm³/mol. The highest BCUT2D eigenvalue weighted by Gasteiger charge is 2.24. The second-order valence-corrected chi connectivity index (χ2v) is 7.63. The first-order valence-electron chi connectivity index (χ1n) is 7.60. The molecule has 5 nitrogen and oxygen atoms in total. The second-order valence-electron chi connectivity index (χ2n) is 6.71. The van der Waals surface area contributed by atoms with E-state index in [1.807, 2.05) is 32.7 Å². The summed E-state index contributed by atoms with van der Waals surface area (Å²) in [5, 5.41) is 8.52. The van der Waals surface area contributed by atoms with Gasteiger partial charge in [0, 0.05) is 18.5 Å². The zero-order valence-electron chi connectivity index (χ0n) is 13.4. The van der Waals surface area contributed by atoms with Gasteiger partial charge >= 0.3 is 0 Å². The SMILES string of the molecule is CN(C(=O)CSc1nnc(C(C)(C)C)o1)C1CCCCC1. The molecule has 0 N–H and O–H groups in total. The molecule has 1 aliphatic rings. The molecule has 118 valence electrons. The summed E-state index contributed by atoms with van der Waals surface area (Å²) in [6.45, 7) is 6.07. The molecule has 21 heavy (non-hydrogen) atoms. The minimum absolute atomic E-state index is 0.141. The Morgan fingerprint density at radius 1 is 1.29 bits per heavy atom. The first-order valence-corrected chi connectivity index (χ1v) is 8.59. The Hall–Kier alpha value is -1.04. The quantitative estimate of drug-likeness (QED) is 0.799. The molecule has 0 spiro atoms. The molecule has 1 saturated carbocycles. The minimum Gasteiger partial charge on any atom is -0.415 e. The summed E-state index contributed by atoms with van der Waals surface area (Å²) in [5.74, 6) is 1.11. The van der Waals surface area contributed by atoms with E-state index in [-0.39, 0.29) is 11.3 Å². The number of amides is 1.